The first-order valence-electron chi connectivity index (χ1n) is 6.09. The van der Waals surface area contributed by atoms with Gasteiger partial charge in [-0.25, -0.2) is 0 Å². The van der Waals surface area contributed by atoms with Crippen molar-refractivity contribution >= 4 is 17.6 Å². The second kappa shape index (κ2) is 7.86. The lowest BCUT2D eigenvalue weighted by atomic mass is 10.2. The Hall–Kier alpha value is -1.46. The maximum atomic E-state index is 10.4. The molecule has 0 radical (unpaired) electrons. The third-order valence-corrected chi connectivity index (χ3v) is 2.66. The smallest absolute Gasteiger partial charge is 0.317 e. The van der Waals surface area contributed by atoms with Gasteiger partial charge in [0.2, 0.25) is 0 Å². The van der Waals surface area contributed by atoms with Crippen LogP contribution in [0.15, 0.2) is 12.1 Å². The van der Waals surface area contributed by atoms with E-state index in [4.69, 9.17) is 26.2 Å². The van der Waals surface area contributed by atoms with E-state index in [0.717, 1.165) is 5.56 Å². The van der Waals surface area contributed by atoms with Crippen molar-refractivity contribution in [2.45, 2.75) is 20.4 Å². The first-order valence-corrected chi connectivity index (χ1v) is 6.46. The number of carboxylic acids is 1. The summed E-state index contributed by atoms with van der Waals surface area (Å²) in [4.78, 5) is 10.4. The van der Waals surface area contributed by atoms with Crippen LogP contribution in [0.4, 0.5) is 0 Å². The van der Waals surface area contributed by atoms with Crippen LogP contribution in [-0.4, -0.2) is 30.8 Å². The van der Waals surface area contributed by atoms with Crippen LogP contribution >= 0.6 is 11.6 Å². The minimum Gasteiger partial charge on any atom is -0.490 e. The molecule has 6 heteroatoms. The average Bonchev–Trinajstić information content (AvgIpc) is 2.34. The standard InChI is InChI=1S/C13H18ClNO4/c1-3-18-11-5-9(7-15-8-13(16)17)10(14)6-12(11)19-4-2/h5-6,15H,3-4,7-8H2,1-2H3,(H,16,17). The molecule has 0 aliphatic carbocycles. The van der Waals surface area contributed by atoms with Gasteiger partial charge in [0.05, 0.1) is 19.8 Å². The fraction of sp³-hybridized carbons (Fsp3) is 0.462. The van der Waals surface area contributed by atoms with Gasteiger partial charge in [0.25, 0.3) is 0 Å². The minimum absolute atomic E-state index is 0.118. The van der Waals surface area contributed by atoms with E-state index in [1.54, 1.807) is 12.1 Å². The largest absolute Gasteiger partial charge is 0.490 e. The quantitative estimate of drug-likeness (QED) is 0.768. The van der Waals surface area contributed by atoms with Gasteiger partial charge in [0.1, 0.15) is 0 Å². The van der Waals surface area contributed by atoms with Gasteiger partial charge < -0.3 is 19.9 Å². The van der Waals surface area contributed by atoms with E-state index in [9.17, 15) is 4.79 Å². The Morgan fingerprint density at radius 3 is 2.37 bits per heavy atom. The summed E-state index contributed by atoms with van der Waals surface area (Å²) in [7, 11) is 0. The zero-order valence-electron chi connectivity index (χ0n) is 11.0. The highest BCUT2D eigenvalue weighted by Gasteiger charge is 2.11. The zero-order valence-corrected chi connectivity index (χ0v) is 11.8. The Bertz CT molecular complexity index is 437. The summed E-state index contributed by atoms with van der Waals surface area (Å²) in [6.45, 7) is 5.04. The summed E-state index contributed by atoms with van der Waals surface area (Å²) < 4.78 is 10.9. The lowest BCUT2D eigenvalue weighted by molar-refractivity contribution is -0.135. The number of carbonyl (C=O) groups is 1. The van der Waals surface area contributed by atoms with E-state index in [-0.39, 0.29) is 6.54 Å². The minimum atomic E-state index is -0.910. The summed E-state index contributed by atoms with van der Waals surface area (Å²) in [6, 6.07) is 3.46. The second-order valence-corrected chi connectivity index (χ2v) is 4.16. The number of rotatable bonds is 8. The fourth-order valence-corrected chi connectivity index (χ4v) is 1.77. The van der Waals surface area contributed by atoms with E-state index >= 15 is 0 Å². The molecule has 2 N–H and O–H groups in total. The van der Waals surface area contributed by atoms with E-state index in [1.807, 2.05) is 13.8 Å². The van der Waals surface area contributed by atoms with Crippen molar-refractivity contribution in [2.75, 3.05) is 19.8 Å². The van der Waals surface area contributed by atoms with Gasteiger partial charge in [-0.05, 0) is 25.5 Å². The summed E-state index contributed by atoms with van der Waals surface area (Å²) in [6.07, 6.45) is 0. The molecule has 19 heavy (non-hydrogen) atoms. The molecule has 5 nitrogen and oxygen atoms in total. The molecule has 0 atom stereocenters. The molecule has 106 valence electrons. The van der Waals surface area contributed by atoms with Crippen LogP contribution in [0.2, 0.25) is 5.02 Å². The van der Waals surface area contributed by atoms with Crippen LogP contribution in [0.3, 0.4) is 0 Å². The van der Waals surface area contributed by atoms with Crippen LogP contribution in [0.25, 0.3) is 0 Å². The molecule has 0 aliphatic heterocycles. The lowest BCUT2D eigenvalue weighted by Crippen LogP contribution is -2.22. The number of nitrogens with one attached hydrogen (secondary N) is 1. The zero-order chi connectivity index (χ0) is 14.3. The van der Waals surface area contributed by atoms with Crippen molar-refractivity contribution in [3.63, 3.8) is 0 Å². The van der Waals surface area contributed by atoms with Crippen LogP contribution in [-0.2, 0) is 11.3 Å². The highest BCUT2D eigenvalue weighted by Crippen LogP contribution is 2.33. The maximum absolute atomic E-state index is 10.4. The molecule has 0 unspecified atom stereocenters. The number of ether oxygens (including phenoxy) is 2. The van der Waals surface area contributed by atoms with E-state index in [1.165, 1.54) is 0 Å². The van der Waals surface area contributed by atoms with Crippen molar-refractivity contribution < 1.29 is 19.4 Å². The van der Waals surface area contributed by atoms with Gasteiger partial charge in [0.15, 0.2) is 11.5 Å². The molecular weight excluding hydrogens is 270 g/mol. The summed E-state index contributed by atoms with van der Waals surface area (Å²) in [5.41, 5.74) is 0.773. The lowest BCUT2D eigenvalue weighted by Gasteiger charge is -2.14. The molecule has 1 aromatic carbocycles. The highest BCUT2D eigenvalue weighted by atomic mass is 35.5. The molecule has 0 amide bonds. The van der Waals surface area contributed by atoms with E-state index < -0.39 is 5.97 Å². The number of aliphatic carboxylic acids is 1. The summed E-state index contributed by atoms with van der Waals surface area (Å²) in [5, 5.41) is 11.9. The van der Waals surface area contributed by atoms with Crippen LogP contribution in [0.5, 0.6) is 11.5 Å². The predicted molar refractivity (Wildman–Crippen MR) is 73.1 cm³/mol. The van der Waals surface area contributed by atoms with E-state index in [2.05, 4.69) is 5.32 Å². The SMILES string of the molecule is CCOc1cc(Cl)c(CNCC(=O)O)cc1OCC. The number of carboxylic acid groups (broad SMARTS) is 1. The Balaban J connectivity index is 2.86. The van der Waals surface area contributed by atoms with Gasteiger partial charge >= 0.3 is 5.97 Å². The first kappa shape index (κ1) is 15.6. The monoisotopic (exact) mass is 287 g/mol. The molecule has 0 saturated heterocycles. The molecule has 0 fully saturated rings. The van der Waals surface area contributed by atoms with Gasteiger partial charge in [-0.3, -0.25) is 4.79 Å². The third-order valence-electron chi connectivity index (χ3n) is 2.30. The van der Waals surface area contributed by atoms with Crippen molar-refractivity contribution in [2.24, 2.45) is 0 Å². The molecular formula is C13H18ClNO4. The molecule has 0 saturated carbocycles. The maximum Gasteiger partial charge on any atom is 0.317 e. The molecule has 1 aromatic rings. The van der Waals surface area contributed by atoms with Gasteiger partial charge in [0, 0.05) is 17.6 Å². The Kier molecular flexibility index (Phi) is 6.45. The molecule has 0 bridgehead atoms. The summed E-state index contributed by atoms with van der Waals surface area (Å²) in [5.74, 6) is 0.296. The van der Waals surface area contributed by atoms with Crippen molar-refractivity contribution in [1.29, 1.82) is 0 Å². The Morgan fingerprint density at radius 2 is 1.84 bits per heavy atom. The van der Waals surface area contributed by atoms with Gasteiger partial charge in [-0.15, -0.1) is 0 Å². The van der Waals surface area contributed by atoms with Crippen LogP contribution in [0, 0.1) is 0 Å². The molecule has 0 heterocycles. The van der Waals surface area contributed by atoms with E-state index in [0.29, 0.717) is 36.3 Å². The second-order valence-electron chi connectivity index (χ2n) is 3.75. The molecule has 0 spiro atoms. The van der Waals surface area contributed by atoms with Crippen LogP contribution < -0.4 is 14.8 Å². The van der Waals surface area contributed by atoms with Crippen molar-refractivity contribution in [1.82, 2.24) is 5.32 Å². The van der Waals surface area contributed by atoms with Gasteiger partial charge in [-0.2, -0.15) is 0 Å². The molecule has 0 aromatic heterocycles. The van der Waals surface area contributed by atoms with Crippen molar-refractivity contribution in [3.05, 3.63) is 22.7 Å². The molecule has 0 aliphatic rings. The Labute approximate surface area is 117 Å². The van der Waals surface area contributed by atoms with Gasteiger partial charge in [-0.1, -0.05) is 11.6 Å². The topological polar surface area (TPSA) is 67.8 Å². The predicted octanol–water partition coefficient (Wildman–Crippen LogP) is 2.31. The van der Waals surface area contributed by atoms with Crippen LogP contribution in [0.1, 0.15) is 19.4 Å². The number of hydrogen-bond donors (Lipinski definition) is 2. The normalized spacial score (nSPS) is 10.3. The summed E-state index contributed by atoms with van der Waals surface area (Å²) >= 11 is 6.13. The first-order chi connectivity index (χ1) is 9.08. The average molecular weight is 288 g/mol. The van der Waals surface area contributed by atoms with Crippen molar-refractivity contribution in [3.8, 4) is 11.5 Å². The number of benzene rings is 1. The Morgan fingerprint density at radius 1 is 1.26 bits per heavy atom. The highest BCUT2D eigenvalue weighted by molar-refractivity contribution is 6.31. The molecule has 1 rings (SSSR count). The number of halogens is 1. The fourth-order valence-electron chi connectivity index (χ4n) is 1.55. The third kappa shape index (κ3) is 4.96. The number of hydrogen-bond acceptors (Lipinski definition) is 4.